The van der Waals surface area contributed by atoms with E-state index in [9.17, 15) is 13.2 Å². The van der Waals surface area contributed by atoms with E-state index >= 15 is 0 Å². The molecule has 2 heterocycles. The molecule has 0 spiro atoms. The highest BCUT2D eigenvalue weighted by Gasteiger charge is 2.30. The van der Waals surface area contributed by atoms with E-state index in [0.717, 1.165) is 16.0 Å². The van der Waals surface area contributed by atoms with Crippen molar-refractivity contribution in [3.63, 3.8) is 0 Å². The maximum atomic E-state index is 12.9. The highest BCUT2D eigenvalue weighted by molar-refractivity contribution is 7.89. The zero-order chi connectivity index (χ0) is 18.7. The van der Waals surface area contributed by atoms with Gasteiger partial charge in [-0.1, -0.05) is 18.2 Å². The summed E-state index contributed by atoms with van der Waals surface area (Å²) in [6, 6.07) is 9.42. The summed E-state index contributed by atoms with van der Waals surface area (Å²) < 4.78 is 27.4. The summed E-state index contributed by atoms with van der Waals surface area (Å²) in [5.41, 5.74) is 1.70. The van der Waals surface area contributed by atoms with Gasteiger partial charge in [-0.05, 0) is 55.3 Å². The first-order chi connectivity index (χ1) is 12.4. The summed E-state index contributed by atoms with van der Waals surface area (Å²) in [4.78, 5) is 13.6. The maximum absolute atomic E-state index is 12.9. The number of benzene rings is 1. The van der Waals surface area contributed by atoms with Crippen molar-refractivity contribution in [3.8, 4) is 0 Å². The minimum Gasteiger partial charge on any atom is -0.353 e. The van der Waals surface area contributed by atoms with Gasteiger partial charge in [0.1, 0.15) is 0 Å². The van der Waals surface area contributed by atoms with Crippen molar-refractivity contribution >= 4 is 27.3 Å². The van der Waals surface area contributed by atoms with Gasteiger partial charge in [0, 0.05) is 24.0 Å². The summed E-state index contributed by atoms with van der Waals surface area (Å²) in [5.74, 6) is 0.00304. The number of hydrogen-bond donors (Lipinski definition) is 1. The second kappa shape index (κ2) is 7.90. The highest BCUT2D eigenvalue weighted by Crippen LogP contribution is 2.24. The summed E-state index contributed by atoms with van der Waals surface area (Å²) in [6.45, 7) is 4.58. The fourth-order valence-electron chi connectivity index (χ4n) is 3.21. The van der Waals surface area contributed by atoms with Gasteiger partial charge in [0.05, 0.1) is 11.3 Å². The Hall–Kier alpha value is -1.70. The van der Waals surface area contributed by atoms with Crippen molar-refractivity contribution < 1.29 is 13.2 Å². The Balaban J connectivity index is 1.59. The first-order valence-electron chi connectivity index (χ1n) is 8.75. The maximum Gasteiger partial charge on any atom is 0.243 e. The molecule has 0 atom stereocenters. The first-order valence-corrected chi connectivity index (χ1v) is 11.1. The fraction of sp³-hybridized carbons (Fsp3) is 0.421. The number of nitrogens with one attached hydrogen (secondary N) is 1. The molecule has 1 aromatic carbocycles. The van der Waals surface area contributed by atoms with Crippen molar-refractivity contribution in [1.82, 2.24) is 9.62 Å². The number of carbonyl (C=O) groups excluding carboxylic acids is 1. The zero-order valence-corrected chi connectivity index (χ0v) is 16.7. The van der Waals surface area contributed by atoms with Crippen molar-refractivity contribution in [1.29, 1.82) is 0 Å². The van der Waals surface area contributed by atoms with Crippen LogP contribution in [0.3, 0.4) is 0 Å². The summed E-state index contributed by atoms with van der Waals surface area (Å²) in [6.07, 6.45) is 1.67. The molecule has 2 aromatic rings. The number of thiophene rings is 1. The average molecular weight is 393 g/mol. The van der Waals surface area contributed by atoms with Crippen molar-refractivity contribution in [2.45, 2.75) is 44.0 Å². The van der Waals surface area contributed by atoms with E-state index in [4.69, 9.17) is 0 Å². The lowest BCUT2D eigenvalue weighted by Crippen LogP contribution is -2.46. The predicted molar refractivity (Wildman–Crippen MR) is 104 cm³/mol. The Labute approximate surface area is 159 Å². The lowest BCUT2D eigenvalue weighted by atomic mass is 10.1. The number of nitrogens with zero attached hydrogens (tertiary/aromatic N) is 1. The molecule has 1 N–H and O–H groups in total. The quantitative estimate of drug-likeness (QED) is 0.851. The second-order valence-electron chi connectivity index (χ2n) is 6.77. The van der Waals surface area contributed by atoms with Crippen LogP contribution >= 0.6 is 11.3 Å². The number of aryl methyl sites for hydroxylation is 2. The van der Waals surface area contributed by atoms with Gasteiger partial charge >= 0.3 is 0 Å². The molecule has 0 unspecified atom stereocenters. The minimum absolute atomic E-state index is 0.00304. The van der Waals surface area contributed by atoms with E-state index in [0.29, 0.717) is 37.2 Å². The van der Waals surface area contributed by atoms with Gasteiger partial charge < -0.3 is 5.32 Å². The molecule has 1 aliphatic heterocycles. The van der Waals surface area contributed by atoms with Gasteiger partial charge in [-0.15, -0.1) is 11.3 Å². The molecule has 1 aromatic heterocycles. The van der Waals surface area contributed by atoms with Crippen molar-refractivity contribution in [2.75, 3.05) is 13.1 Å². The van der Waals surface area contributed by atoms with Crippen molar-refractivity contribution in [2.24, 2.45) is 0 Å². The SMILES string of the molecule is Cc1ccc(C)c(S(=O)(=O)N2CCC(NC(=O)Cc3cccs3)CC2)c1. The van der Waals surface area contributed by atoms with Gasteiger partial charge in [-0.3, -0.25) is 4.79 Å². The van der Waals surface area contributed by atoms with Crippen LogP contribution in [-0.2, 0) is 21.2 Å². The third kappa shape index (κ3) is 4.34. The van der Waals surface area contributed by atoms with Gasteiger partial charge in [0.15, 0.2) is 0 Å². The van der Waals surface area contributed by atoms with Crippen LogP contribution < -0.4 is 5.32 Å². The highest BCUT2D eigenvalue weighted by atomic mass is 32.2. The number of sulfonamides is 1. The second-order valence-corrected chi connectivity index (χ2v) is 9.71. The topological polar surface area (TPSA) is 66.5 Å². The number of carbonyl (C=O) groups is 1. The van der Waals surface area contributed by atoms with Crippen LogP contribution in [0, 0.1) is 13.8 Å². The fourth-order valence-corrected chi connectivity index (χ4v) is 5.70. The Bertz CT molecular complexity index is 868. The van der Waals surface area contributed by atoms with Gasteiger partial charge in [-0.2, -0.15) is 4.31 Å². The molecule has 0 radical (unpaired) electrons. The average Bonchev–Trinajstić information content (AvgIpc) is 3.10. The molecule has 0 saturated carbocycles. The number of piperidine rings is 1. The van der Waals surface area contributed by atoms with Gasteiger partial charge in [0.2, 0.25) is 15.9 Å². The van der Waals surface area contributed by atoms with Crippen LogP contribution in [0.1, 0.15) is 28.8 Å². The lowest BCUT2D eigenvalue weighted by Gasteiger charge is -2.32. The molecule has 140 valence electrons. The number of rotatable bonds is 5. The van der Waals surface area contributed by atoms with Crippen molar-refractivity contribution in [3.05, 3.63) is 51.7 Å². The van der Waals surface area contributed by atoms with Crippen LogP contribution in [0.5, 0.6) is 0 Å². The zero-order valence-electron chi connectivity index (χ0n) is 15.1. The summed E-state index contributed by atoms with van der Waals surface area (Å²) in [7, 11) is -3.49. The number of hydrogen-bond acceptors (Lipinski definition) is 4. The van der Waals surface area contributed by atoms with Gasteiger partial charge in [-0.25, -0.2) is 8.42 Å². The molecule has 1 fully saturated rings. The standard InChI is InChI=1S/C19H24N2O3S2/c1-14-5-6-15(2)18(12-14)26(23,24)21-9-7-16(8-10-21)20-19(22)13-17-4-3-11-25-17/h3-6,11-12,16H,7-10,13H2,1-2H3,(H,20,22). The van der Waals surface area contributed by atoms with E-state index in [1.165, 1.54) is 4.31 Å². The normalized spacial score (nSPS) is 16.5. The van der Waals surface area contributed by atoms with Crippen LogP contribution in [0.15, 0.2) is 40.6 Å². The van der Waals surface area contributed by atoms with E-state index in [2.05, 4.69) is 5.32 Å². The Morgan fingerprint density at radius 3 is 2.62 bits per heavy atom. The molecule has 3 rings (SSSR count). The molecule has 1 amide bonds. The molecular weight excluding hydrogens is 368 g/mol. The van der Waals surface area contributed by atoms with Crippen LogP contribution in [0.25, 0.3) is 0 Å². The molecule has 0 bridgehead atoms. The summed E-state index contributed by atoms with van der Waals surface area (Å²) in [5, 5.41) is 4.99. The van der Waals surface area contributed by atoms with Gasteiger partial charge in [0.25, 0.3) is 0 Å². The molecule has 1 saturated heterocycles. The largest absolute Gasteiger partial charge is 0.353 e. The van der Waals surface area contributed by atoms with E-state index in [-0.39, 0.29) is 11.9 Å². The smallest absolute Gasteiger partial charge is 0.243 e. The van der Waals surface area contributed by atoms with E-state index in [1.54, 1.807) is 17.4 Å². The predicted octanol–water partition coefficient (Wildman–Crippen LogP) is 2.88. The Morgan fingerprint density at radius 1 is 1.23 bits per heavy atom. The molecule has 26 heavy (non-hydrogen) atoms. The van der Waals surface area contributed by atoms with E-state index in [1.807, 2.05) is 43.5 Å². The summed E-state index contributed by atoms with van der Waals surface area (Å²) >= 11 is 1.57. The molecule has 5 nitrogen and oxygen atoms in total. The molecule has 0 aliphatic carbocycles. The Morgan fingerprint density at radius 2 is 1.96 bits per heavy atom. The minimum atomic E-state index is -3.49. The molecule has 7 heteroatoms. The Kier molecular flexibility index (Phi) is 5.79. The first kappa shape index (κ1) is 19.1. The van der Waals surface area contributed by atoms with E-state index < -0.39 is 10.0 Å². The third-order valence-corrected chi connectivity index (χ3v) is 7.61. The van der Waals surface area contributed by atoms with Crippen LogP contribution in [0.4, 0.5) is 0 Å². The molecule has 1 aliphatic rings. The lowest BCUT2D eigenvalue weighted by molar-refractivity contribution is -0.121. The number of amides is 1. The third-order valence-electron chi connectivity index (χ3n) is 4.70. The molecular formula is C19H24N2O3S2. The van der Waals surface area contributed by atoms with Crippen LogP contribution in [-0.4, -0.2) is 37.8 Å². The monoisotopic (exact) mass is 392 g/mol. The van der Waals surface area contributed by atoms with Crippen LogP contribution in [0.2, 0.25) is 0 Å².